The highest BCUT2D eigenvalue weighted by Gasteiger charge is 2.53. The number of halogens is 1. The normalized spacial score (nSPS) is 22.3. The Morgan fingerprint density at radius 1 is 0.812 bits per heavy atom. The van der Waals surface area contributed by atoms with E-state index in [2.05, 4.69) is 22.6 Å². The van der Waals surface area contributed by atoms with Crippen LogP contribution in [0.15, 0.2) is 72.8 Å². The fourth-order valence-corrected chi connectivity index (χ4v) is 6.10. The van der Waals surface area contributed by atoms with Crippen molar-refractivity contribution in [2.75, 3.05) is 0 Å². The smallest absolute Gasteiger partial charge is 0.315 e. The van der Waals surface area contributed by atoms with Crippen LogP contribution < -0.4 is 4.18 Å². The molecule has 0 amide bonds. The van der Waals surface area contributed by atoms with Crippen molar-refractivity contribution in [3.05, 3.63) is 87.5 Å². The zero-order valence-electron chi connectivity index (χ0n) is 16.7. The van der Waals surface area contributed by atoms with E-state index in [1.54, 1.807) is 72.8 Å². The van der Waals surface area contributed by atoms with E-state index in [-0.39, 0.29) is 23.7 Å². The van der Waals surface area contributed by atoms with E-state index in [4.69, 9.17) is 8.92 Å². The highest BCUT2D eigenvalue weighted by molar-refractivity contribution is 14.1. The van der Waals surface area contributed by atoms with Crippen molar-refractivity contribution in [2.24, 2.45) is 0 Å². The molecule has 3 aromatic carbocycles. The van der Waals surface area contributed by atoms with Crippen molar-refractivity contribution >= 4 is 43.9 Å². The Kier molecular flexibility index (Phi) is 5.39. The van der Waals surface area contributed by atoms with Crippen LogP contribution in [0.1, 0.15) is 17.5 Å². The van der Waals surface area contributed by atoms with Gasteiger partial charge in [0.2, 0.25) is 0 Å². The fourth-order valence-electron chi connectivity index (χ4n) is 4.32. The van der Waals surface area contributed by atoms with Crippen LogP contribution >= 0.6 is 22.6 Å². The Bertz CT molecular complexity index is 1280. The molecule has 5 rings (SSSR count). The molecule has 0 aromatic heterocycles. The molecule has 1 saturated heterocycles. The first-order valence-electron chi connectivity index (χ1n) is 9.99. The molecule has 8 heteroatoms. The van der Waals surface area contributed by atoms with Gasteiger partial charge in [0.1, 0.15) is 28.6 Å². The van der Waals surface area contributed by atoms with Crippen molar-refractivity contribution in [3.8, 4) is 17.2 Å². The van der Waals surface area contributed by atoms with Gasteiger partial charge in [0, 0.05) is 9.99 Å². The van der Waals surface area contributed by atoms with Crippen molar-refractivity contribution in [1.29, 1.82) is 0 Å². The fraction of sp³-hybridized carbons (Fsp3) is 0.167. The average Bonchev–Trinajstić information content (AvgIpc) is 3.36. The number of hydrogen-bond donors (Lipinski definition) is 2. The summed E-state index contributed by atoms with van der Waals surface area (Å²) in [4.78, 5) is 0. The third-order valence-corrected chi connectivity index (χ3v) is 8.07. The van der Waals surface area contributed by atoms with Gasteiger partial charge in [-0.1, -0.05) is 24.3 Å². The number of aromatic hydroxyl groups is 2. The van der Waals surface area contributed by atoms with Crippen LogP contribution in [-0.4, -0.2) is 36.1 Å². The van der Waals surface area contributed by atoms with E-state index < -0.39 is 27.6 Å². The summed E-state index contributed by atoms with van der Waals surface area (Å²) < 4.78 is 39.0. The molecule has 2 bridgehead atoms. The Hall–Kier alpha value is -2.56. The van der Waals surface area contributed by atoms with Crippen LogP contribution in [0.3, 0.4) is 0 Å². The zero-order chi connectivity index (χ0) is 22.5. The molecule has 0 radical (unpaired) electrons. The van der Waals surface area contributed by atoms with E-state index in [1.807, 2.05) is 0 Å². The molecule has 2 aliphatic heterocycles. The van der Waals surface area contributed by atoms with Gasteiger partial charge < -0.3 is 19.1 Å². The predicted molar refractivity (Wildman–Crippen MR) is 129 cm³/mol. The molecule has 0 spiro atoms. The monoisotopic (exact) mass is 562 g/mol. The topological polar surface area (TPSA) is 93.1 Å². The number of rotatable bonds is 5. The number of phenolic OH excluding ortho intramolecular Hbond substituents is 2. The van der Waals surface area contributed by atoms with Crippen LogP contribution in [0.5, 0.6) is 17.2 Å². The lowest BCUT2D eigenvalue weighted by Gasteiger charge is -2.24. The third kappa shape index (κ3) is 3.87. The molecular weight excluding hydrogens is 543 g/mol. The van der Waals surface area contributed by atoms with Crippen molar-refractivity contribution < 1.29 is 27.6 Å². The Morgan fingerprint density at radius 3 is 1.91 bits per heavy atom. The van der Waals surface area contributed by atoms with Gasteiger partial charge in [-0.2, -0.15) is 8.42 Å². The van der Waals surface area contributed by atoms with E-state index in [0.717, 1.165) is 25.8 Å². The molecule has 2 N–H and O–H groups in total. The predicted octanol–water partition coefficient (Wildman–Crippen LogP) is 4.56. The molecule has 2 heterocycles. The minimum absolute atomic E-state index is 0.121. The molecule has 164 valence electrons. The molecule has 0 unspecified atom stereocenters. The van der Waals surface area contributed by atoms with E-state index in [1.165, 1.54) is 0 Å². The van der Waals surface area contributed by atoms with Crippen LogP contribution in [0.25, 0.3) is 11.1 Å². The van der Waals surface area contributed by atoms with Gasteiger partial charge in [0.05, 0.1) is 6.10 Å². The molecule has 0 aliphatic carbocycles. The van der Waals surface area contributed by atoms with Gasteiger partial charge in [0.25, 0.3) is 0 Å². The second-order valence-electron chi connectivity index (χ2n) is 7.77. The van der Waals surface area contributed by atoms with Crippen molar-refractivity contribution in [3.63, 3.8) is 0 Å². The number of benzene rings is 3. The molecule has 0 saturated carbocycles. The lowest BCUT2D eigenvalue weighted by Crippen LogP contribution is -2.35. The van der Waals surface area contributed by atoms with Gasteiger partial charge in [-0.15, -0.1) is 0 Å². The minimum atomic E-state index is -3.97. The van der Waals surface area contributed by atoms with Gasteiger partial charge in [-0.3, -0.25) is 0 Å². The van der Waals surface area contributed by atoms with E-state index >= 15 is 0 Å². The summed E-state index contributed by atoms with van der Waals surface area (Å²) in [6, 6.07) is 20.2. The molecule has 3 atom stereocenters. The van der Waals surface area contributed by atoms with Gasteiger partial charge in [-0.25, -0.2) is 0 Å². The van der Waals surface area contributed by atoms with Crippen LogP contribution in [0.4, 0.5) is 0 Å². The Morgan fingerprint density at radius 2 is 1.34 bits per heavy atom. The standard InChI is InChI=1S/C24H19IO6S/c25-16-5-11-19(12-6-16)31-32(28,29)21-13-20-22(14-1-7-17(26)8-2-14)23(24(21)30-20)15-3-9-18(27)10-4-15/h1-12,20-21,24,26-27H,13H2/t20-,21+,24+/m0/s1. The number of phenols is 2. The van der Waals surface area contributed by atoms with Crippen LogP contribution in [-0.2, 0) is 14.9 Å². The summed E-state index contributed by atoms with van der Waals surface area (Å²) in [6.07, 6.45) is -0.856. The third-order valence-electron chi connectivity index (χ3n) is 5.75. The highest BCUT2D eigenvalue weighted by atomic mass is 127. The second kappa shape index (κ2) is 8.09. The lowest BCUT2D eigenvalue weighted by molar-refractivity contribution is 0.128. The number of fused-ring (bicyclic) bond motifs is 2. The molecule has 6 nitrogen and oxygen atoms in total. The van der Waals surface area contributed by atoms with E-state index in [0.29, 0.717) is 0 Å². The van der Waals surface area contributed by atoms with E-state index in [9.17, 15) is 18.6 Å². The lowest BCUT2D eigenvalue weighted by atomic mass is 9.83. The van der Waals surface area contributed by atoms with Crippen LogP contribution in [0.2, 0.25) is 0 Å². The maximum atomic E-state index is 13.2. The largest absolute Gasteiger partial charge is 0.508 e. The average molecular weight is 562 g/mol. The number of ether oxygens (including phenoxy) is 1. The maximum Gasteiger partial charge on any atom is 0.315 e. The zero-order valence-corrected chi connectivity index (χ0v) is 19.7. The van der Waals surface area contributed by atoms with Crippen molar-refractivity contribution in [1.82, 2.24) is 0 Å². The first kappa shape index (κ1) is 21.3. The summed E-state index contributed by atoms with van der Waals surface area (Å²) in [6.45, 7) is 0. The highest BCUT2D eigenvalue weighted by Crippen LogP contribution is 2.51. The summed E-state index contributed by atoms with van der Waals surface area (Å²) in [5.74, 6) is 0.536. The maximum absolute atomic E-state index is 13.2. The Balaban J connectivity index is 1.56. The second-order valence-corrected chi connectivity index (χ2v) is 10.8. The van der Waals surface area contributed by atoms with Gasteiger partial charge >= 0.3 is 10.1 Å². The SMILES string of the molecule is O=S(=O)(Oc1ccc(I)cc1)[C@@H]1C[C@@H]2O[C@H]1C(c1ccc(O)cc1)=C2c1ccc(O)cc1. The summed E-state index contributed by atoms with van der Waals surface area (Å²) in [7, 11) is -3.97. The first-order chi connectivity index (χ1) is 15.3. The summed E-state index contributed by atoms with van der Waals surface area (Å²) in [5, 5.41) is 18.5. The summed E-state index contributed by atoms with van der Waals surface area (Å²) >= 11 is 2.14. The summed E-state index contributed by atoms with van der Waals surface area (Å²) in [5.41, 5.74) is 3.27. The Labute approximate surface area is 199 Å². The van der Waals surface area contributed by atoms with Crippen LogP contribution in [0, 0.1) is 3.57 Å². The molecule has 2 aliphatic rings. The minimum Gasteiger partial charge on any atom is -0.508 e. The first-order valence-corrected chi connectivity index (χ1v) is 12.5. The van der Waals surface area contributed by atoms with Gasteiger partial charge in [0.15, 0.2) is 0 Å². The molecule has 32 heavy (non-hydrogen) atoms. The molecular formula is C24H19IO6S. The number of hydrogen-bond acceptors (Lipinski definition) is 6. The van der Waals surface area contributed by atoms with Gasteiger partial charge in [-0.05, 0) is 93.4 Å². The molecule has 3 aromatic rings. The molecule has 1 fully saturated rings. The van der Waals surface area contributed by atoms with Crippen molar-refractivity contribution in [2.45, 2.75) is 23.9 Å². The quantitative estimate of drug-likeness (QED) is 0.350.